The van der Waals surface area contributed by atoms with Gasteiger partial charge >= 0.3 is 5.97 Å². The average Bonchev–Trinajstić information content (AvgIpc) is 2.65. The zero-order chi connectivity index (χ0) is 13.3. The van der Waals surface area contributed by atoms with Crippen molar-refractivity contribution in [2.45, 2.75) is 39.7 Å². The van der Waals surface area contributed by atoms with Crippen LogP contribution in [-0.2, 0) is 17.8 Å². The third kappa shape index (κ3) is 2.23. The molecule has 0 fully saturated rings. The van der Waals surface area contributed by atoms with Gasteiger partial charge in [0.1, 0.15) is 5.82 Å². The quantitative estimate of drug-likeness (QED) is 0.902. The lowest BCUT2D eigenvalue weighted by Crippen LogP contribution is -2.03. The fourth-order valence-electron chi connectivity index (χ4n) is 2.25. The van der Waals surface area contributed by atoms with Crippen molar-refractivity contribution < 1.29 is 9.90 Å². The second kappa shape index (κ2) is 4.80. The number of aryl methyl sites for hydroxylation is 1. The predicted octanol–water partition coefficient (Wildman–Crippen LogP) is 2.81. The van der Waals surface area contributed by atoms with Crippen molar-refractivity contribution in [2.24, 2.45) is 0 Å². The molecule has 0 aliphatic carbocycles. The molecule has 2 aromatic rings. The summed E-state index contributed by atoms with van der Waals surface area (Å²) in [5, 5.41) is 8.81. The third-order valence-corrected chi connectivity index (χ3v) is 3.03. The minimum Gasteiger partial charge on any atom is -0.481 e. The molecule has 18 heavy (non-hydrogen) atoms. The second-order valence-electron chi connectivity index (χ2n) is 4.76. The van der Waals surface area contributed by atoms with Crippen LogP contribution in [0.2, 0.25) is 0 Å². The van der Waals surface area contributed by atoms with Crippen LogP contribution in [-0.4, -0.2) is 20.6 Å². The van der Waals surface area contributed by atoms with Crippen molar-refractivity contribution in [2.75, 3.05) is 0 Å². The molecule has 0 spiro atoms. The second-order valence-corrected chi connectivity index (χ2v) is 4.76. The van der Waals surface area contributed by atoms with Crippen LogP contribution in [0.15, 0.2) is 18.2 Å². The lowest BCUT2D eigenvalue weighted by Gasteiger charge is -2.08. The van der Waals surface area contributed by atoms with Crippen molar-refractivity contribution in [3.63, 3.8) is 0 Å². The number of aromatic nitrogens is 2. The number of aliphatic carboxylic acids is 1. The summed E-state index contributed by atoms with van der Waals surface area (Å²) in [7, 11) is 0. The SMILES string of the molecule is CCn1c(C(C)C)nc2cc(CC(=O)O)ccc21. The highest BCUT2D eigenvalue weighted by molar-refractivity contribution is 5.79. The Morgan fingerprint density at radius 3 is 2.72 bits per heavy atom. The zero-order valence-electron chi connectivity index (χ0n) is 11.0. The molecule has 2 rings (SSSR count). The molecule has 0 saturated heterocycles. The van der Waals surface area contributed by atoms with Crippen molar-refractivity contribution in [3.05, 3.63) is 29.6 Å². The van der Waals surface area contributed by atoms with Gasteiger partial charge in [-0.1, -0.05) is 19.9 Å². The van der Waals surface area contributed by atoms with E-state index in [0.29, 0.717) is 5.92 Å². The molecule has 1 aromatic carbocycles. The molecule has 1 N–H and O–H groups in total. The summed E-state index contributed by atoms with van der Waals surface area (Å²) in [5.74, 6) is 0.605. The monoisotopic (exact) mass is 246 g/mol. The van der Waals surface area contributed by atoms with E-state index >= 15 is 0 Å². The molecule has 0 aliphatic heterocycles. The largest absolute Gasteiger partial charge is 0.481 e. The number of benzene rings is 1. The Bertz CT molecular complexity index is 585. The normalized spacial score (nSPS) is 11.3. The van der Waals surface area contributed by atoms with Crippen LogP contribution in [0, 0.1) is 0 Å². The van der Waals surface area contributed by atoms with Gasteiger partial charge in [-0.15, -0.1) is 0 Å². The third-order valence-electron chi connectivity index (χ3n) is 3.03. The van der Waals surface area contributed by atoms with E-state index in [1.807, 2.05) is 18.2 Å². The van der Waals surface area contributed by atoms with Crippen LogP contribution in [0.25, 0.3) is 11.0 Å². The maximum absolute atomic E-state index is 10.7. The van der Waals surface area contributed by atoms with Crippen LogP contribution in [0.3, 0.4) is 0 Å². The zero-order valence-corrected chi connectivity index (χ0v) is 11.0. The van der Waals surface area contributed by atoms with E-state index in [0.717, 1.165) is 29.0 Å². The molecule has 1 aromatic heterocycles. The molecule has 0 aliphatic rings. The highest BCUT2D eigenvalue weighted by Crippen LogP contribution is 2.22. The first-order valence-corrected chi connectivity index (χ1v) is 6.23. The number of carboxylic acid groups (broad SMARTS) is 1. The molecule has 0 atom stereocenters. The standard InChI is InChI=1S/C14H18N2O2/c1-4-16-12-6-5-10(8-13(17)18)7-11(12)15-14(16)9(2)3/h5-7,9H,4,8H2,1-3H3,(H,17,18). The van der Waals surface area contributed by atoms with Gasteiger partial charge in [0.25, 0.3) is 0 Å². The van der Waals surface area contributed by atoms with Gasteiger partial charge in [-0.2, -0.15) is 0 Å². The lowest BCUT2D eigenvalue weighted by atomic mass is 10.1. The number of fused-ring (bicyclic) bond motifs is 1. The minimum absolute atomic E-state index is 0.0476. The summed E-state index contributed by atoms with van der Waals surface area (Å²) in [6.07, 6.45) is 0.0476. The van der Waals surface area contributed by atoms with Gasteiger partial charge in [-0.3, -0.25) is 4.79 Å². The first-order chi connectivity index (χ1) is 8.52. The van der Waals surface area contributed by atoms with Gasteiger partial charge in [-0.05, 0) is 24.6 Å². The van der Waals surface area contributed by atoms with E-state index in [1.54, 1.807) is 0 Å². The number of nitrogens with zero attached hydrogens (tertiary/aromatic N) is 2. The summed E-state index contributed by atoms with van der Waals surface area (Å²) in [6, 6.07) is 5.71. The Labute approximate surface area is 106 Å². The number of carbonyl (C=O) groups is 1. The number of imidazole rings is 1. The van der Waals surface area contributed by atoms with E-state index in [-0.39, 0.29) is 6.42 Å². The van der Waals surface area contributed by atoms with Gasteiger partial charge < -0.3 is 9.67 Å². The van der Waals surface area contributed by atoms with E-state index in [2.05, 4.69) is 30.3 Å². The Morgan fingerprint density at radius 2 is 2.17 bits per heavy atom. The van der Waals surface area contributed by atoms with E-state index in [9.17, 15) is 4.79 Å². The Morgan fingerprint density at radius 1 is 1.44 bits per heavy atom. The van der Waals surface area contributed by atoms with Crippen LogP contribution in [0.4, 0.5) is 0 Å². The van der Waals surface area contributed by atoms with Gasteiger partial charge in [-0.25, -0.2) is 4.98 Å². The summed E-state index contributed by atoms with van der Waals surface area (Å²) in [4.78, 5) is 15.3. The number of hydrogen-bond acceptors (Lipinski definition) is 2. The van der Waals surface area contributed by atoms with Crippen LogP contribution in [0.5, 0.6) is 0 Å². The number of rotatable bonds is 4. The molecule has 4 nitrogen and oxygen atoms in total. The Hall–Kier alpha value is -1.84. The van der Waals surface area contributed by atoms with Crippen LogP contribution in [0.1, 0.15) is 38.1 Å². The van der Waals surface area contributed by atoms with E-state index < -0.39 is 5.97 Å². The first-order valence-electron chi connectivity index (χ1n) is 6.23. The molecule has 0 bridgehead atoms. The van der Waals surface area contributed by atoms with Crippen LogP contribution >= 0.6 is 0 Å². The molecule has 96 valence electrons. The fraction of sp³-hybridized carbons (Fsp3) is 0.429. The maximum atomic E-state index is 10.7. The molecule has 0 saturated carbocycles. The Balaban J connectivity index is 2.54. The fourth-order valence-corrected chi connectivity index (χ4v) is 2.25. The van der Waals surface area contributed by atoms with Crippen molar-refractivity contribution in [1.29, 1.82) is 0 Å². The topological polar surface area (TPSA) is 55.1 Å². The Kier molecular flexibility index (Phi) is 3.36. The number of carboxylic acids is 1. The summed E-state index contributed by atoms with van der Waals surface area (Å²) in [5.41, 5.74) is 2.76. The summed E-state index contributed by atoms with van der Waals surface area (Å²) in [6.45, 7) is 7.21. The highest BCUT2D eigenvalue weighted by Gasteiger charge is 2.13. The lowest BCUT2D eigenvalue weighted by molar-refractivity contribution is -0.136. The van der Waals surface area contributed by atoms with E-state index in [4.69, 9.17) is 5.11 Å². The maximum Gasteiger partial charge on any atom is 0.307 e. The molecule has 1 heterocycles. The minimum atomic E-state index is -0.812. The molecule has 0 radical (unpaired) electrons. The average molecular weight is 246 g/mol. The summed E-state index contributed by atoms with van der Waals surface area (Å²) >= 11 is 0. The number of hydrogen-bond donors (Lipinski definition) is 1. The highest BCUT2D eigenvalue weighted by atomic mass is 16.4. The van der Waals surface area contributed by atoms with Crippen LogP contribution < -0.4 is 0 Å². The summed E-state index contributed by atoms with van der Waals surface area (Å²) < 4.78 is 2.19. The molecule has 0 amide bonds. The van der Waals surface area contributed by atoms with Crippen molar-refractivity contribution >= 4 is 17.0 Å². The molecule has 0 unspecified atom stereocenters. The first kappa shape index (κ1) is 12.6. The van der Waals surface area contributed by atoms with E-state index in [1.165, 1.54) is 0 Å². The van der Waals surface area contributed by atoms with Crippen molar-refractivity contribution in [3.8, 4) is 0 Å². The molecule has 4 heteroatoms. The molecular formula is C14H18N2O2. The van der Waals surface area contributed by atoms with Gasteiger partial charge in [0.15, 0.2) is 0 Å². The van der Waals surface area contributed by atoms with Gasteiger partial charge in [0, 0.05) is 12.5 Å². The van der Waals surface area contributed by atoms with Gasteiger partial charge in [0.2, 0.25) is 0 Å². The predicted molar refractivity (Wildman–Crippen MR) is 70.8 cm³/mol. The van der Waals surface area contributed by atoms with Gasteiger partial charge in [0.05, 0.1) is 17.5 Å². The van der Waals surface area contributed by atoms with Crippen molar-refractivity contribution in [1.82, 2.24) is 9.55 Å². The smallest absolute Gasteiger partial charge is 0.307 e. The molecular weight excluding hydrogens is 228 g/mol.